The number of likely N-dealkylation sites (tertiary alicyclic amines) is 2. The van der Waals surface area contributed by atoms with Gasteiger partial charge in [0, 0.05) is 64.4 Å². The van der Waals surface area contributed by atoms with Crippen LogP contribution in [0.3, 0.4) is 0 Å². The number of nitrogens with one attached hydrogen (secondary N) is 2. The van der Waals surface area contributed by atoms with E-state index in [0.717, 1.165) is 0 Å². The van der Waals surface area contributed by atoms with Crippen molar-refractivity contribution in [3.05, 3.63) is 0 Å². The molecule has 0 aromatic heterocycles. The number of morpholine rings is 2. The second-order valence-electron chi connectivity index (χ2n) is 14.5. The van der Waals surface area contributed by atoms with Crippen LogP contribution in [-0.2, 0) is 38.1 Å². The van der Waals surface area contributed by atoms with Crippen molar-refractivity contribution in [1.29, 1.82) is 0 Å². The Balaban J connectivity index is 1.27. The van der Waals surface area contributed by atoms with E-state index in [1.807, 2.05) is 0 Å². The maximum Gasteiger partial charge on any atom is 0.417 e. The van der Waals surface area contributed by atoms with Crippen molar-refractivity contribution in [2.75, 3.05) is 91.9 Å². The van der Waals surface area contributed by atoms with Crippen molar-refractivity contribution in [3.8, 4) is 0 Å². The maximum atomic E-state index is 13.3. The van der Waals surface area contributed by atoms with Gasteiger partial charge in [-0.15, -0.1) is 0 Å². The van der Waals surface area contributed by atoms with E-state index < -0.39 is 48.8 Å². The summed E-state index contributed by atoms with van der Waals surface area (Å²) in [6, 6.07) is -0.327. The number of amides is 4. The van der Waals surface area contributed by atoms with E-state index in [-0.39, 0.29) is 50.1 Å². The zero-order valence-electron chi connectivity index (χ0n) is 30.1. The van der Waals surface area contributed by atoms with Crippen LogP contribution in [0.5, 0.6) is 0 Å². The molecule has 4 rings (SSSR count). The summed E-state index contributed by atoms with van der Waals surface area (Å²) < 4.78 is 20.9. The molecule has 4 heterocycles. The molecule has 4 aliphatic heterocycles. The molecule has 4 atom stereocenters. The van der Waals surface area contributed by atoms with Crippen molar-refractivity contribution >= 4 is 35.9 Å². The third-order valence-corrected chi connectivity index (χ3v) is 9.33. The summed E-state index contributed by atoms with van der Waals surface area (Å²) in [5, 5.41) is 6.83. The van der Waals surface area contributed by atoms with Gasteiger partial charge in [-0.3, -0.25) is 19.2 Å². The molecule has 0 aromatic rings. The van der Waals surface area contributed by atoms with Crippen LogP contribution >= 0.6 is 0 Å². The minimum Gasteiger partial charge on any atom is -0.378 e. The number of carbonyl (C=O) groups is 6. The summed E-state index contributed by atoms with van der Waals surface area (Å²) >= 11 is 0. The Morgan fingerprint density at radius 3 is 1.28 bits per heavy atom. The van der Waals surface area contributed by atoms with Crippen molar-refractivity contribution in [1.82, 2.24) is 30.2 Å². The number of rotatable bonds is 11. The second-order valence-corrected chi connectivity index (χ2v) is 14.5. The van der Waals surface area contributed by atoms with Crippen LogP contribution < -0.4 is 10.6 Å². The van der Waals surface area contributed by atoms with Gasteiger partial charge in [0.15, 0.2) is 0 Å². The summed E-state index contributed by atoms with van der Waals surface area (Å²) in [5.74, 6) is -2.23. The Labute approximate surface area is 294 Å². The quantitative estimate of drug-likeness (QED) is 0.227. The lowest BCUT2D eigenvalue weighted by Gasteiger charge is -2.39. The first-order valence-electron chi connectivity index (χ1n) is 18.1. The molecule has 4 saturated heterocycles. The SMILES string of the molecule is CC(C)CN[C@H]1C[C@@H](C(=O)N2CCOCC2)CN(C(=O)OC(=O)CCC(=O)OC(=O)N2C[C@@H](NCC(C)C)C[C@@H](C(=O)N3CCOCC3)C2)C1. The van der Waals surface area contributed by atoms with Gasteiger partial charge in [0.1, 0.15) is 0 Å². The maximum absolute atomic E-state index is 13.3. The summed E-state index contributed by atoms with van der Waals surface area (Å²) in [7, 11) is 0. The lowest BCUT2D eigenvalue weighted by atomic mass is 9.92. The molecule has 4 aliphatic rings. The molecule has 0 radical (unpaired) electrons. The molecular weight excluding hydrogens is 652 g/mol. The first-order chi connectivity index (χ1) is 23.9. The Morgan fingerprint density at radius 2 is 0.940 bits per heavy atom. The number of ether oxygens (including phenoxy) is 4. The summed E-state index contributed by atoms with van der Waals surface area (Å²) in [5.41, 5.74) is 0. The Kier molecular flexibility index (Phi) is 15.2. The fraction of sp³-hybridized carbons (Fsp3) is 0.824. The lowest BCUT2D eigenvalue weighted by Crippen LogP contribution is -2.56. The molecule has 0 unspecified atom stereocenters. The van der Waals surface area contributed by atoms with E-state index in [9.17, 15) is 28.8 Å². The third kappa shape index (κ3) is 12.2. The molecule has 0 saturated carbocycles. The fourth-order valence-corrected chi connectivity index (χ4v) is 6.67. The largest absolute Gasteiger partial charge is 0.417 e. The van der Waals surface area contributed by atoms with Gasteiger partial charge in [-0.25, -0.2) is 9.59 Å². The zero-order valence-corrected chi connectivity index (χ0v) is 30.1. The van der Waals surface area contributed by atoms with Crippen LogP contribution in [0.15, 0.2) is 0 Å². The second kappa shape index (κ2) is 19.3. The lowest BCUT2D eigenvalue weighted by molar-refractivity contribution is -0.146. The van der Waals surface area contributed by atoms with Crippen LogP contribution in [0.2, 0.25) is 0 Å². The van der Waals surface area contributed by atoms with Crippen molar-refractivity contribution in [3.63, 3.8) is 0 Å². The monoisotopic (exact) mass is 708 g/mol. The molecule has 0 spiro atoms. The number of hydrogen-bond donors (Lipinski definition) is 2. The molecule has 16 heteroatoms. The predicted octanol–water partition coefficient (Wildman–Crippen LogP) is 0.683. The Morgan fingerprint density at radius 1 is 0.580 bits per heavy atom. The molecule has 4 amide bonds. The van der Waals surface area contributed by atoms with E-state index in [4.69, 9.17) is 18.9 Å². The van der Waals surface area contributed by atoms with Gasteiger partial charge >= 0.3 is 24.1 Å². The first-order valence-corrected chi connectivity index (χ1v) is 18.1. The van der Waals surface area contributed by atoms with Crippen molar-refractivity contribution < 1.29 is 47.7 Å². The minimum absolute atomic E-state index is 0.0617. The van der Waals surface area contributed by atoms with E-state index >= 15 is 0 Å². The van der Waals surface area contributed by atoms with Gasteiger partial charge < -0.3 is 49.2 Å². The molecule has 282 valence electrons. The highest BCUT2D eigenvalue weighted by Gasteiger charge is 2.39. The molecule has 0 aliphatic carbocycles. The highest BCUT2D eigenvalue weighted by atomic mass is 16.6. The zero-order chi connectivity index (χ0) is 36.2. The Hall–Kier alpha value is -3.34. The van der Waals surface area contributed by atoms with E-state index in [1.54, 1.807) is 9.80 Å². The van der Waals surface area contributed by atoms with Crippen LogP contribution in [0.25, 0.3) is 0 Å². The molecule has 4 fully saturated rings. The smallest absolute Gasteiger partial charge is 0.378 e. The highest BCUT2D eigenvalue weighted by molar-refractivity contribution is 5.90. The standard InChI is InChI=1S/C34H56N6O10/c1-23(2)17-35-27-15-25(31(43)37-7-11-47-12-8-37)19-39(21-27)33(45)49-29(41)5-6-30(42)50-34(46)40-20-26(16-28(22-40)36-18-24(3)4)32(44)38-9-13-48-14-10-38/h23-28,35-36H,5-22H2,1-4H3/t25-,26-,27+,28+/m1/s1. The van der Waals surface area contributed by atoms with Crippen molar-refractivity contribution in [2.24, 2.45) is 23.7 Å². The molecule has 16 nitrogen and oxygen atoms in total. The fourth-order valence-electron chi connectivity index (χ4n) is 6.67. The number of esters is 2. The highest BCUT2D eigenvalue weighted by Crippen LogP contribution is 2.23. The van der Waals surface area contributed by atoms with Crippen LogP contribution in [0.1, 0.15) is 53.4 Å². The van der Waals surface area contributed by atoms with Crippen LogP contribution in [0, 0.1) is 23.7 Å². The topological polar surface area (TPSA) is 176 Å². The van der Waals surface area contributed by atoms with Gasteiger partial charge in [-0.05, 0) is 37.8 Å². The molecule has 0 aromatic carbocycles. The molecular formula is C34H56N6O10. The van der Waals surface area contributed by atoms with Gasteiger partial charge in [0.05, 0.1) is 51.1 Å². The third-order valence-electron chi connectivity index (χ3n) is 9.33. The van der Waals surface area contributed by atoms with E-state index in [1.165, 1.54) is 9.80 Å². The van der Waals surface area contributed by atoms with Crippen molar-refractivity contribution in [2.45, 2.75) is 65.5 Å². The summed E-state index contributed by atoms with van der Waals surface area (Å²) in [6.07, 6.45) is -1.64. The van der Waals surface area contributed by atoms with Gasteiger partial charge in [0.25, 0.3) is 0 Å². The average Bonchev–Trinajstić information content (AvgIpc) is 3.12. The average molecular weight is 709 g/mol. The van der Waals surface area contributed by atoms with E-state index in [2.05, 4.69) is 38.3 Å². The minimum atomic E-state index is -0.945. The number of nitrogens with zero attached hydrogens (tertiary/aromatic N) is 4. The molecule has 0 bridgehead atoms. The summed E-state index contributed by atoms with van der Waals surface area (Å²) in [6.45, 7) is 14.2. The van der Waals surface area contributed by atoms with Gasteiger partial charge in [-0.1, -0.05) is 27.7 Å². The summed E-state index contributed by atoms with van der Waals surface area (Å²) in [4.78, 5) is 84.3. The van der Waals surface area contributed by atoms with E-state index in [0.29, 0.717) is 90.4 Å². The van der Waals surface area contributed by atoms with Crippen LogP contribution in [-0.4, -0.2) is 159 Å². The number of piperidine rings is 2. The molecule has 2 N–H and O–H groups in total. The Bertz CT molecular complexity index is 1100. The van der Waals surface area contributed by atoms with Gasteiger partial charge in [0.2, 0.25) is 11.8 Å². The normalized spacial score (nSPS) is 24.7. The first kappa shape index (κ1) is 39.4. The number of hydrogen-bond acceptors (Lipinski definition) is 12. The predicted molar refractivity (Wildman–Crippen MR) is 180 cm³/mol. The number of carbonyl (C=O) groups excluding carboxylic acids is 6. The van der Waals surface area contributed by atoms with Gasteiger partial charge in [-0.2, -0.15) is 0 Å². The molecule has 50 heavy (non-hydrogen) atoms. The van der Waals surface area contributed by atoms with Crippen LogP contribution in [0.4, 0.5) is 9.59 Å².